The first-order valence-electron chi connectivity index (χ1n) is 6.59. The quantitative estimate of drug-likeness (QED) is 0.809. The third kappa shape index (κ3) is 3.10. The maximum absolute atomic E-state index is 12.6. The van der Waals surface area contributed by atoms with Crippen LogP contribution in [0.4, 0.5) is 5.69 Å². The van der Waals surface area contributed by atoms with E-state index in [1.165, 1.54) is 5.56 Å². The highest BCUT2D eigenvalue weighted by Gasteiger charge is 2.21. The molecule has 1 amide bonds. The van der Waals surface area contributed by atoms with Gasteiger partial charge in [0.1, 0.15) is 0 Å². The molecule has 2 aromatic rings. The van der Waals surface area contributed by atoms with E-state index in [2.05, 4.69) is 22.0 Å². The summed E-state index contributed by atoms with van der Waals surface area (Å²) in [4.78, 5) is 14.3. The van der Waals surface area contributed by atoms with Gasteiger partial charge in [0.15, 0.2) is 0 Å². The second kappa shape index (κ2) is 6.23. The second-order valence-corrected chi connectivity index (χ2v) is 5.84. The number of rotatable bonds is 3. The van der Waals surface area contributed by atoms with Crippen molar-refractivity contribution >= 4 is 27.5 Å². The van der Waals surface area contributed by atoms with Gasteiger partial charge < -0.3 is 4.90 Å². The van der Waals surface area contributed by atoms with Crippen LogP contribution in [0.1, 0.15) is 24.0 Å². The van der Waals surface area contributed by atoms with Crippen LogP contribution in [0, 0.1) is 6.92 Å². The number of halogens is 1. The Labute approximate surface area is 128 Å². The minimum atomic E-state index is -0.160. The molecule has 0 aliphatic carbocycles. The van der Waals surface area contributed by atoms with Crippen molar-refractivity contribution in [2.75, 3.05) is 11.9 Å². The van der Waals surface area contributed by atoms with Gasteiger partial charge in [-0.05, 0) is 47.5 Å². The first-order chi connectivity index (χ1) is 9.50. The molecule has 0 bridgehead atoms. The van der Waals surface area contributed by atoms with Gasteiger partial charge in [-0.15, -0.1) is 0 Å². The van der Waals surface area contributed by atoms with Crippen molar-refractivity contribution in [3.63, 3.8) is 0 Å². The summed E-state index contributed by atoms with van der Waals surface area (Å²) in [6, 6.07) is 15.9. The van der Waals surface area contributed by atoms with E-state index in [1.807, 2.05) is 63.4 Å². The molecule has 0 radical (unpaired) electrons. The molecule has 0 aromatic heterocycles. The fourth-order valence-electron chi connectivity index (χ4n) is 2.21. The van der Waals surface area contributed by atoms with Crippen LogP contribution in [0.2, 0.25) is 0 Å². The molecule has 20 heavy (non-hydrogen) atoms. The number of nitrogens with zero attached hydrogens (tertiary/aromatic N) is 1. The fourth-order valence-corrected chi connectivity index (χ4v) is 2.77. The molecule has 0 saturated carbocycles. The molecular formula is C17H18BrNO. The number of hydrogen-bond acceptors (Lipinski definition) is 1. The molecule has 0 fully saturated rings. The van der Waals surface area contributed by atoms with E-state index in [0.29, 0.717) is 0 Å². The number of likely N-dealkylation sites (N-methyl/N-ethyl adjacent to an activating group) is 1. The standard InChI is InChI=1S/C17H18BrNO/c1-12-7-6-8-14(11-12)13(2)17(20)19(3)16-10-5-4-9-15(16)18/h4-11,13H,1-3H3. The van der Waals surface area contributed by atoms with Gasteiger partial charge >= 0.3 is 0 Å². The highest BCUT2D eigenvalue weighted by Crippen LogP contribution is 2.28. The Hall–Kier alpha value is -1.61. The van der Waals surface area contributed by atoms with Gasteiger partial charge in [-0.25, -0.2) is 0 Å². The van der Waals surface area contributed by atoms with Crippen molar-refractivity contribution < 1.29 is 4.79 Å². The first kappa shape index (κ1) is 14.8. The van der Waals surface area contributed by atoms with Gasteiger partial charge in [-0.1, -0.05) is 42.0 Å². The lowest BCUT2D eigenvalue weighted by atomic mass is 9.98. The van der Waals surface area contributed by atoms with E-state index < -0.39 is 0 Å². The number of hydrogen-bond donors (Lipinski definition) is 0. The highest BCUT2D eigenvalue weighted by molar-refractivity contribution is 9.10. The van der Waals surface area contributed by atoms with Crippen LogP contribution in [-0.4, -0.2) is 13.0 Å². The van der Waals surface area contributed by atoms with E-state index in [4.69, 9.17) is 0 Å². The SMILES string of the molecule is Cc1cccc(C(C)C(=O)N(C)c2ccccc2Br)c1. The minimum Gasteiger partial charge on any atom is -0.314 e. The van der Waals surface area contributed by atoms with E-state index in [-0.39, 0.29) is 11.8 Å². The van der Waals surface area contributed by atoms with Crippen LogP contribution in [0.5, 0.6) is 0 Å². The van der Waals surface area contributed by atoms with Gasteiger partial charge in [0, 0.05) is 11.5 Å². The summed E-state index contributed by atoms with van der Waals surface area (Å²) in [6.45, 7) is 3.99. The summed E-state index contributed by atoms with van der Waals surface area (Å²) in [6.07, 6.45) is 0. The molecule has 0 N–H and O–H groups in total. The molecule has 1 atom stereocenters. The smallest absolute Gasteiger partial charge is 0.234 e. The van der Waals surface area contributed by atoms with Crippen molar-refractivity contribution in [2.24, 2.45) is 0 Å². The van der Waals surface area contributed by atoms with Crippen LogP contribution in [0.3, 0.4) is 0 Å². The van der Waals surface area contributed by atoms with Crippen LogP contribution in [0.15, 0.2) is 53.0 Å². The van der Waals surface area contributed by atoms with Crippen LogP contribution < -0.4 is 4.90 Å². The highest BCUT2D eigenvalue weighted by atomic mass is 79.9. The van der Waals surface area contributed by atoms with Crippen molar-refractivity contribution in [3.05, 3.63) is 64.1 Å². The maximum atomic E-state index is 12.6. The Kier molecular flexibility index (Phi) is 4.61. The van der Waals surface area contributed by atoms with Crippen LogP contribution in [-0.2, 0) is 4.79 Å². The molecule has 0 saturated heterocycles. The summed E-state index contributed by atoms with van der Waals surface area (Å²) in [7, 11) is 1.81. The molecule has 0 heterocycles. The molecule has 2 rings (SSSR count). The van der Waals surface area contributed by atoms with Gasteiger partial charge in [-0.2, -0.15) is 0 Å². The lowest BCUT2D eigenvalue weighted by molar-refractivity contribution is -0.119. The zero-order valence-corrected chi connectivity index (χ0v) is 13.5. The van der Waals surface area contributed by atoms with Crippen molar-refractivity contribution in [1.82, 2.24) is 0 Å². The lowest BCUT2D eigenvalue weighted by Crippen LogP contribution is -2.30. The monoisotopic (exact) mass is 331 g/mol. The number of para-hydroxylation sites is 1. The molecule has 0 aliphatic rings. The third-order valence-corrected chi connectivity index (χ3v) is 4.13. The number of aryl methyl sites for hydroxylation is 1. The Balaban J connectivity index is 2.25. The third-order valence-electron chi connectivity index (χ3n) is 3.46. The van der Waals surface area contributed by atoms with Gasteiger partial charge in [0.05, 0.1) is 11.6 Å². The summed E-state index contributed by atoms with van der Waals surface area (Å²) < 4.78 is 0.923. The predicted octanol–water partition coefficient (Wildman–Crippen LogP) is 4.52. The number of carbonyl (C=O) groups excluding carboxylic acids is 1. The van der Waals surface area contributed by atoms with E-state index in [9.17, 15) is 4.79 Å². The topological polar surface area (TPSA) is 20.3 Å². The molecular weight excluding hydrogens is 314 g/mol. The van der Waals surface area contributed by atoms with Gasteiger partial charge in [-0.3, -0.25) is 4.79 Å². The van der Waals surface area contributed by atoms with Crippen LogP contribution >= 0.6 is 15.9 Å². The summed E-state index contributed by atoms with van der Waals surface area (Å²) in [5, 5.41) is 0. The Morgan fingerprint density at radius 3 is 2.50 bits per heavy atom. The molecule has 0 aliphatic heterocycles. The van der Waals surface area contributed by atoms with Gasteiger partial charge in [0.2, 0.25) is 5.91 Å². The first-order valence-corrected chi connectivity index (χ1v) is 7.38. The van der Waals surface area contributed by atoms with Gasteiger partial charge in [0.25, 0.3) is 0 Å². The minimum absolute atomic E-state index is 0.0856. The lowest BCUT2D eigenvalue weighted by Gasteiger charge is -2.23. The van der Waals surface area contributed by atoms with Crippen molar-refractivity contribution in [2.45, 2.75) is 19.8 Å². The largest absolute Gasteiger partial charge is 0.314 e. The second-order valence-electron chi connectivity index (χ2n) is 4.98. The zero-order chi connectivity index (χ0) is 14.7. The predicted molar refractivity (Wildman–Crippen MR) is 87.1 cm³/mol. The Morgan fingerprint density at radius 2 is 1.85 bits per heavy atom. The summed E-state index contributed by atoms with van der Waals surface area (Å²) >= 11 is 3.49. The van der Waals surface area contributed by atoms with Crippen molar-refractivity contribution in [3.8, 4) is 0 Å². The summed E-state index contributed by atoms with van der Waals surface area (Å²) in [5.41, 5.74) is 3.11. The number of anilines is 1. The van der Waals surface area contributed by atoms with E-state index in [0.717, 1.165) is 15.7 Å². The molecule has 1 unspecified atom stereocenters. The maximum Gasteiger partial charge on any atom is 0.234 e. The van der Waals surface area contributed by atoms with Crippen LogP contribution in [0.25, 0.3) is 0 Å². The fraction of sp³-hybridized carbons (Fsp3) is 0.235. The average Bonchev–Trinajstić information content (AvgIpc) is 2.45. The van der Waals surface area contributed by atoms with E-state index in [1.54, 1.807) is 4.90 Å². The Bertz CT molecular complexity index is 624. The molecule has 0 spiro atoms. The normalized spacial score (nSPS) is 12.0. The summed E-state index contributed by atoms with van der Waals surface area (Å²) in [5.74, 6) is -0.0745. The van der Waals surface area contributed by atoms with E-state index >= 15 is 0 Å². The molecule has 2 aromatic carbocycles. The molecule has 104 valence electrons. The molecule has 2 nitrogen and oxygen atoms in total. The number of carbonyl (C=O) groups is 1. The number of benzene rings is 2. The zero-order valence-electron chi connectivity index (χ0n) is 11.9. The average molecular weight is 332 g/mol. The molecule has 3 heteroatoms. The van der Waals surface area contributed by atoms with Crippen molar-refractivity contribution in [1.29, 1.82) is 0 Å². The Morgan fingerprint density at radius 1 is 1.15 bits per heavy atom. The number of amides is 1.